The lowest BCUT2D eigenvalue weighted by molar-refractivity contribution is -0.165. The van der Waals surface area contributed by atoms with Crippen LogP contribution in [0.2, 0.25) is 0 Å². The molecule has 0 radical (unpaired) electrons. The molecule has 5 rings (SSSR count). The van der Waals surface area contributed by atoms with Gasteiger partial charge in [0, 0.05) is 31.7 Å². The minimum Gasteiger partial charge on any atom is -0.460 e. The Labute approximate surface area is 211 Å². The van der Waals surface area contributed by atoms with Crippen LogP contribution >= 0.6 is 0 Å². The third kappa shape index (κ3) is 7.63. The van der Waals surface area contributed by atoms with E-state index in [9.17, 15) is 4.79 Å². The molecule has 0 unspecified atom stereocenters. The zero-order chi connectivity index (χ0) is 24.4. The lowest BCUT2D eigenvalue weighted by atomic mass is 9.67. The molecule has 0 spiro atoms. The fraction of sp³-hybridized carbons (Fsp3) is 0.567. The highest BCUT2D eigenvalue weighted by molar-refractivity contribution is 5.78. The molecule has 1 N–H and O–H groups in total. The molecule has 3 aliphatic rings. The van der Waals surface area contributed by atoms with Crippen molar-refractivity contribution in [2.45, 2.75) is 57.6 Å². The molecule has 0 bridgehead atoms. The maximum atomic E-state index is 12.9. The van der Waals surface area contributed by atoms with E-state index in [0.29, 0.717) is 6.61 Å². The maximum Gasteiger partial charge on any atom is 0.313 e. The molecule has 0 atom stereocenters. The number of ether oxygens (including phenoxy) is 2. The maximum absolute atomic E-state index is 12.9. The number of nitrogens with zero attached hydrogens (tertiary/aromatic N) is 1. The predicted octanol–water partition coefficient (Wildman–Crippen LogP) is 5.07. The summed E-state index contributed by atoms with van der Waals surface area (Å²) in [6.07, 6.45) is 7.97. The minimum atomic E-state index is -0.289. The van der Waals surface area contributed by atoms with Crippen molar-refractivity contribution in [1.29, 1.82) is 0 Å². The second-order valence-corrected chi connectivity index (χ2v) is 10.7. The average Bonchev–Trinajstić information content (AvgIpc) is 3.72. The first-order valence-electron chi connectivity index (χ1n) is 13.3. The quantitative estimate of drug-likeness (QED) is 0.484. The van der Waals surface area contributed by atoms with Gasteiger partial charge in [-0.15, -0.1) is 0 Å². The highest BCUT2D eigenvalue weighted by Gasteiger charge is 2.48. The summed E-state index contributed by atoms with van der Waals surface area (Å²) in [7, 11) is 1.82. The lowest BCUT2D eigenvalue weighted by Gasteiger charge is -2.47. The summed E-state index contributed by atoms with van der Waals surface area (Å²) in [5.74, 6) is -0.00303. The van der Waals surface area contributed by atoms with E-state index < -0.39 is 0 Å². The smallest absolute Gasteiger partial charge is 0.313 e. The fourth-order valence-electron chi connectivity index (χ4n) is 5.23. The number of piperidine rings is 1. The van der Waals surface area contributed by atoms with E-state index in [-0.39, 0.29) is 16.8 Å². The van der Waals surface area contributed by atoms with Crippen LogP contribution in [0.4, 0.5) is 0 Å². The molecule has 190 valence electrons. The van der Waals surface area contributed by atoms with Crippen LogP contribution in [0.25, 0.3) is 0 Å². The summed E-state index contributed by atoms with van der Waals surface area (Å²) in [6.45, 7) is 5.20. The van der Waals surface area contributed by atoms with E-state index in [1.165, 1.54) is 12.8 Å². The monoisotopic (exact) mass is 478 g/mol. The molecule has 2 saturated carbocycles. The van der Waals surface area contributed by atoms with E-state index in [4.69, 9.17) is 9.47 Å². The van der Waals surface area contributed by atoms with Crippen molar-refractivity contribution in [2.24, 2.45) is 10.8 Å². The van der Waals surface area contributed by atoms with Crippen molar-refractivity contribution < 1.29 is 14.3 Å². The summed E-state index contributed by atoms with van der Waals surface area (Å²) >= 11 is 0. The van der Waals surface area contributed by atoms with Gasteiger partial charge in [-0.2, -0.15) is 0 Å². The van der Waals surface area contributed by atoms with Gasteiger partial charge in [0.25, 0.3) is 0 Å². The normalized spacial score (nSPS) is 20.7. The second-order valence-electron chi connectivity index (χ2n) is 10.7. The van der Waals surface area contributed by atoms with Crippen LogP contribution in [0, 0.1) is 10.8 Å². The Morgan fingerprint density at radius 3 is 2.06 bits per heavy atom. The molecule has 1 saturated heterocycles. The van der Waals surface area contributed by atoms with Crippen molar-refractivity contribution >= 4 is 5.97 Å². The molecule has 5 heteroatoms. The number of hydrogen-bond donors (Lipinski definition) is 1. The first kappa shape index (κ1) is 25.9. The molecule has 3 fully saturated rings. The van der Waals surface area contributed by atoms with E-state index in [1.54, 1.807) is 0 Å². The first-order valence-corrected chi connectivity index (χ1v) is 13.3. The third-order valence-corrected chi connectivity index (χ3v) is 7.86. The highest BCUT2D eigenvalue weighted by Crippen LogP contribution is 2.44. The number of benzene rings is 2. The number of rotatable bonds is 10. The number of nitrogens with one attached hydrogen (secondary N) is 1. The number of methoxy groups -OCH3 is 1. The molecule has 2 aromatic carbocycles. The number of esters is 1. The summed E-state index contributed by atoms with van der Waals surface area (Å²) < 4.78 is 11.3. The molecule has 0 aromatic heterocycles. The average molecular weight is 479 g/mol. The van der Waals surface area contributed by atoms with E-state index in [0.717, 1.165) is 76.5 Å². The lowest BCUT2D eigenvalue weighted by Crippen LogP contribution is -2.53. The number of likely N-dealkylation sites (tertiary alicyclic amines) is 1. The highest BCUT2D eigenvalue weighted by atomic mass is 16.5. The van der Waals surface area contributed by atoms with Crippen LogP contribution in [0.15, 0.2) is 66.7 Å². The zero-order valence-corrected chi connectivity index (χ0v) is 21.3. The molecule has 2 aromatic rings. The van der Waals surface area contributed by atoms with Crippen LogP contribution in [-0.4, -0.2) is 56.8 Å². The summed E-state index contributed by atoms with van der Waals surface area (Å²) in [5.41, 5.74) is 1.01. The van der Waals surface area contributed by atoms with Gasteiger partial charge in [0.2, 0.25) is 0 Å². The van der Waals surface area contributed by atoms with Gasteiger partial charge < -0.3 is 19.7 Å². The van der Waals surface area contributed by atoms with Gasteiger partial charge in [-0.05, 0) is 57.2 Å². The summed E-state index contributed by atoms with van der Waals surface area (Å²) in [6, 6.07) is 22.7. The molecular formula is C30H42N2O3. The number of hydrogen-bond acceptors (Lipinski definition) is 5. The number of carbonyl (C=O) groups is 1. The Morgan fingerprint density at radius 1 is 0.943 bits per heavy atom. The Kier molecular flexibility index (Phi) is 9.36. The molecule has 0 amide bonds. The van der Waals surface area contributed by atoms with Gasteiger partial charge in [0.1, 0.15) is 6.61 Å². The third-order valence-electron chi connectivity index (χ3n) is 7.86. The predicted molar refractivity (Wildman–Crippen MR) is 140 cm³/mol. The second kappa shape index (κ2) is 12.7. The van der Waals surface area contributed by atoms with Gasteiger partial charge in [0.05, 0.1) is 12.0 Å². The Morgan fingerprint density at radius 2 is 1.54 bits per heavy atom. The van der Waals surface area contributed by atoms with Crippen molar-refractivity contribution in [3.63, 3.8) is 0 Å². The van der Waals surface area contributed by atoms with Gasteiger partial charge in [-0.3, -0.25) is 4.79 Å². The summed E-state index contributed by atoms with van der Waals surface area (Å²) in [5, 5.41) is 3.72. The molecule has 5 nitrogen and oxygen atoms in total. The molecule has 2 aliphatic carbocycles. The van der Waals surface area contributed by atoms with Gasteiger partial charge >= 0.3 is 5.97 Å². The van der Waals surface area contributed by atoms with Crippen molar-refractivity contribution in [2.75, 3.05) is 39.9 Å². The first-order chi connectivity index (χ1) is 17.1. The van der Waals surface area contributed by atoms with Crippen LogP contribution in [0.5, 0.6) is 0 Å². The standard InChI is InChI=1S/C24H36N2O3.C6H6/c1-28-19-23(17-25-21-8-9-21)12-14-26(15-13-23)18-24(10-5-11-24)22(27)29-16-20-6-3-2-4-7-20;1-2-4-6-5-3-1/h2-4,6-7,21,25H,5,8-19H2,1H3;1-6H. The molecule has 35 heavy (non-hydrogen) atoms. The fourth-order valence-corrected chi connectivity index (χ4v) is 5.23. The Hall–Kier alpha value is -2.21. The SMILES string of the molecule is COCC1(CNC2CC2)CCN(CC2(C(=O)OCc3ccccc3)CCC2)CC1.c1ccccc1. The van der Waals surface area contributed by atoms with E-state index in [2.05, 4.69) is 10.2 Å². The minimum absolute atomic E-state index is 0.00303. The van der Waals surface area contributed by atoms with Gasteiger partial charge in [-0.1, -0.05) is 73.2 Å². The summed E-state index contributed by atoms with van der Waals surface area (Å²) in [4.78, 5) is 15.4. The van der Waals surface area contributed by atoms with E-state index >= 15 is 0 Å². The van der Waals surface area contributed by atoms with Crippen LogP contribution in [0.3, 0.4) is 0 Å². The van der Waals surface area contributed by atoms with Crippen LogP contribution < -0.4 is 5.32 Å². The zero-order valence-electron chi connectivity index (χ0n) is 21.3. The van der Waals surface area contributed by atoms with E-state index in [1.807, 2.05) is 73.8 Å². The van der Waals surface area contributed by atoms with Crippen molar-refractivity contribution in [1.82, 2.24) is 10.2 Å². The molecule has 1 aliphatic heterocycles. The Balaban J connectivity index is 0.000000421. The van der Waals surface area contributed by atoms with Crippen LogP contribution in [-0.2, 0) is 20.9 Å². The Bertz CT molecular complexity index is 846. The number of carbonyl (C=O) groups excluding carboxylic acids is 1. The van der Waals surface area contributed by atoms with Gasteiger partial charge in [-0.25, -0.2) is 0 Å². The van der Waals surface area contributed by atoms with Crippen molar-refractivity contribution in [3.8, 4) is 0 Å². The topological polar surface area (TPSA) is 50.8 Å². The van der Waals surface area contributed by atoms with Crippen LogP contribution in [0.1, 0.15) is 50.5 Å². The largest absolute Gasteiger partial charge is 0.460 e. The van der Waals surface area contributed by atoms with Gasteiger partial charge in [0.15, 0.2) is 0 Å². The van der Waals surface area contributed by atoms with Crippen molar-refractivity contribution in [3.05, 3.63) is 72.3 Å². The molecule has 1 heterocycles. The molecular weight excluding hydrogens is 436 g/mol.